The minimum Gasteiger partial charge on any atom is -0.348 e. The van der Waals surface area contributed by atoms with Crippen LogP contribution in [0.15, 0.2) is 30.6 Å². The lowest BCUT2D eigenvalue weighted by Crippen LogP contribution is -2.36. The lowest BCUT2D eigenvalue weighted by molar-refractivity contribution is 0.0923. The fraction of sp³-hybridized carbons (Fsp3) is 0.429. The van der Waals surface area contributed by atoms with Crippen molar-refractivity contribution in [3.05, 3.63) is 36.3 Å². The van der Waals surface area contributed by atoms with Gasteiger partial charge in [0.25, 0.3) is 5.91 Å². The smallest absolute Gasteiger partial charge is 0.271 e. The van der Waals surface area contributed by atoms with Gasteiger partial charge in [-0.1, -0.05) is 25.3 Å². The van der Waals surface area contributed by atoms with E-state index in [2.05, 4.69) is 10.3 Å². The van der Waals surface area contributed by atoms with E-state index < -0.39 is 0 Å². The van der Waals surface area contributed by atoms with Gasteiger partial charge in [0.2, 0.25) is 0 Å². The first-order chi connectivity index (χ1) is 8.83. The molecular weight excluding hydrogens is 226 g/mol. The minimum absolute atomic E-state index is 0.0504. The topological polar surface area (TPSA) is 46.4 Å². The van der Waals surface area contributed by atoms with E-state index in [0.29, 0.717) is 11.7 Å². The van der Waals surface area contributed by atoms with Crippen LogP contribution in [0.1, 0.15) is 42.6 Å². The second kappa shape index (κ2) is 4.80. The summed E-state index contributed by atoms with van der Waals surface area (Å²) in [6.45, 7) is 0. The summed E-state index contributed by atoms with van der Waals surface area (Å²) in [5.41, 5.74) is 1.32. The van der Waals surface area contributed by atoms with Gasteiger partial charge in [0, 0.05) is 18.4 Å². The maximum atomic E-state index is 12.1. The lowest BCUT2D eigenvalue weighted by atomic mass is 9.95. The van der Waals surface area contributed by atoms with Crippen LogP contribution in [0.5, 0.6) is 0 Å². The molecule has 0 radical (unpaired) electrons. The number of pyridine rings is 1. The molecule has 2 aromatic rings. The Bertz CT molecular complexity index is 522. The predicted molar refractivity (Wildman–Crippen MR) is 69.5 cm³/mol. The highest BCUT2D eigenvalue weighted by Gasteiger charge is 2.18. The van der Waals surface area contributed by atoms with Crippen LogP contribution in [-0.2, 0) is 0 Å². The zero-order valence-corrected chi connectivity index (χ0v) is 10.3. The molecule has 18 heavy (non-hydrogen) atoms. The fourth-order valence-corrected chi connectivity index (χ4v) is 2.55. The van der Waals surface area contributed by atoms with Gasteiger partial charge in [0.1, 0.15) is 11.3 Å². The summed E-state index contributed by atoms with van der Waals surface area (Å²) < 4.78 is 1.87. The van der Waals surface area contributed by atoms with Crippen molar-refractivity contribution in [3.63, 3.8) is 0 Å². The summed E-state index contributed by atoms with van der Waals surface area (Å²) in [7, 11) is 0. The van der Waals surface area contributed by atoms with Gasteiger partial charge in [0.05, 0.1) is 0 Å². The maximum Gasteiger partial charge on any atom is 0.271 e. The van der Waals surface area contributed by atoms with Gasteiger partial charge in [-0.2, -0.15) is 0 Å². The van der Waals surface area contributed by atoms with Gasteiger partial charge in [0.15, 0.2) is 0 Å². The molecule has 4 nitrogen and oxygen atoms in total. The Kier molecular flexibility index (Phi) is 3.00. The quantitative estimate of drug-likeness (QED) is 0.880. The molecule has 1 amide bonds. The molecule has 0 aliphatic heterocycles. The number of nitrogens with zero attached hydrogens (tertiary/aromatic N) is 2. The molecule has 2 aromatic heterocycles. The number of imidazole rings is 1. The van der Waals surface area contributed by atoms with Gasteiger partial charge in [-0.3, -0.25) is 4.79 Å². The lowest BCUT2D eigenvalue weighted by Gasteiger charge is -2.22. The number of rotatable bonds is 2. The summed E-state index contributed by atoms with van der Waals surface area (Å²) >= 11 is 0. The minimum atomic E-state index is -0.0504. The van der Waals surface area contributed by atoms with Crippen molar-refractivity contribution in [2.24, 2.45) is 0 Å². The highest BCUT2D eigenvalue weighted by atomic mass is 16.2. The van der Waals surface area contributed by atoms with Crippen molar-refractivity contribution >= 4 is 11.6 Å². The molecular formula is C14H17N3O. The van der Waals surface area contributed by atoms with Crippen molar-refractivity contribution in [2.75, 3.05) is 0 Å². The number of carbonyl (C=O) groups excluding carboxylic acids is 1. The SMILES string of the molecule is O=C(NC1CCCCC1)c1cn2ccccc2n1. The van der Waals surface area contributed by atoms with Crippen LogP contribution >= 0.6 is 0 Å². The summed E-state index contributed by atoms with van der Waals surface area (Å²) in [5, 5.41) is 3.08. The third-order valence-corrected chi connectivity index (χ3v) is 3.54. The van der Waals surface area contributed by atoms with Crippen molar-refractivity contribution in [3.8, 4) is 0 Å². The van der Waals surface area contributed by atoms with Crippen molar-refractivity contribution in [2.45, 2.75) is 38.1 Å². The van der Waals surface area contributed by atoms with E-state index in [9.17, 15) is 4.79 Å². The molecule has 1 aliphatic rings. The second-order valence-electron chi connectivity index (χ2n) is 4.90. The third-order valence-electron chi connectivity index (χ3n) is 3.54. The Morgan fingerprint density at radius 3 is 2.89 bits per heavy atom. The van der Waals surface area contributed by atoms with Crippen LogP contribution in [0.2, 0.25) is 0 Å². The number of amides is 1. The van der Waals surface area contributed by atoms with Crippen molar-refractivity contribution in [1.29, 1.82) is 0 Å². The van der Waals surface area contributed by atoms with Crippen LogP contribution in [0.4, 0.5) is 0 Å². The Balaban J connectivity index is 1.74. The van der Waals surface area contributed by atoms with Crippen LogP contribution in [0.3, 0.4) is 0 Å². The largest absolute Gasteiger partial charge is 0.348 e. The average molecular weight is 243 g/mol. The molecule has 2 heterocycles. The molecule has 1 N–H and O–H groups in total. The molecule has 3 rings (SSSR count). The number of hydrogen-bond acceptors (Lipinski definition) is 2. The second-order valence-corrected chi connectivity index (χ2v) is 4.90. The van der Waals surface area contributed by atoms with E-state index in [-0.39, 0.29) is 5.91 Å². The number of aromatic nitrogens is 2. The van der Waals surface area contributed by atoms with Crippen LogP contribution in [0.25, 0.3) is 5.65 Å². The van der Waals surface area contributed by atoms with Crippen molar-refractivity contribution in [1.82, 2.24) is 14.7 Å². The summed E-state index contributed by atoms with van der Waals surface area (Å²) in [6.07, 6.45) is 9.61. The molecule has 0 saturated heterocycles. The van der Waals surface area contributed by atoms with Crippen molar-refractivity contribution < 1.29 is 4.79 Å². The number of fused-ring (bicyclic) bond motifs is 1. The molecule has 0 bridgehead atoms. The third kappa shape index (κ3) is 2.23. The first-order valence-electron chi connectivity index (χ1n) is 6.57. The van der Waals surface area contributed by atoms with Crippen LogP contribution in [-0.4, -0.2) is 21.3 Å². The van der Waals surface area contributed by atoms with Gasteiger partial charge >= 0.3 is 0 Å². The molecule has 0 unspecified atom stereocenters. The van der Waals surface area contributed by atoms with Gasteiger partial charge in [-0.25, -0.2) is 4.98 Å². The Hall–Kier alpha value is -1.84. The summed E-state index contributed by atoms with van der Waals surface area (Å²) in [5.74, 6) is -0.0504. The molecule has 1 saturated carbocycles. The van der Waals surface area contributed by atoms with Gasteiger partial charge in [-0.05, 0) is 25.0 Å². The van der Waals surface area contributed by atoms with Gasteiger partial charge in [-0.15, -0.1) is 0 Å². The zero-order valence-electron chi connectivity index (χ0n) is 10.3. The van der Waals surface area contributed by atoms with Crippen LogP contribution < -0.4 is 5.32 Å². The maximum absolute atomic E-state index is 12.1. The normalized spacial score (nSPS) is 16.9. The van der Waals surface area contributed by atoms with E-state index in [1.807, 2.05) is 28.8 Å². The molecule has 1 aliphatic carbocycles. The molecule has 94 valence electrons. The number of carbonyl (C=O) groups is 1. The number of nitrogens with one attached hydrogen (secondary N) is 1. The Morgan fingerprint density at radius 2 is 2.11 bits per heavy atom. The molecule has 0 atom stereocenters. The summed E-state index contributed by atoms with van der Waals surface area (Å²) in [4.78, 5) is 16.4. The zero-order chi connectivity index (χ0) is 12.4. The number of hydrogen-bond donors (Lipinski definition) is 1. The molecule has 0 aromatic carbocycles. The summed E-state index contributed by atoms with van der Waals surface area (Å²) in [6, 6.07) is 6.08. The first-order valence-corrected chi connectivity index (χ1v) is 6.57. The molecule has 0 spiro atoms. The average Bonchev–Trinajstić information content (AvgIpc) is 2.84. The van der Waals surface area contributed by atoms with E-state index in [0.717, 1.165) is 18.5 Å². The molecule has 4 heteroatoms. The molecule has 1 fully saturated rings. The van der Waals surface area contributed by atoms with E-state index in [1.165, 1.54) is 19.3 Å². The van der Waals surface area contributed by atoms with E-state index >= 15 is 0 Å². The van der Waals surface area contributed by atoms with Gasteiger partial charge < -0.3 is 9.72 Å². The predicted octanol–water partition coefficient (Wildman–Crippen LogP) is 2.40. The highest BCUT2D eigenvalue weighted by Crippen LogP contribution is 2.17. The van der Waals surface area contributed by atoms with Crippen LogP contribution in [0, 0.1) is 0 Å². The highest BCUT2D eigenvalue weighted by molar-refractivity contribution is 5.93. The monoisotopic (exact) mass is 243 g/mol. The van der Waals surface area contributed by atoms with E-state index in [4.69, 9.17) is 0 Å². The Morgan fingerprint density at radius 1 is 1.28 bits per heavy atom. The Labute approximate surface area is 106 Å². The standard InChI is InChI=1S/C14H17N3O/c18-14(15-11-6-2-1-3-7-11)12-10-17-9-5-4-8-13(17)16-12/h4-5,8-11H,1-3,6-7H2,(H,15,18). The first kappa shape index (κ1) is 11.3. The van der Waals surface area contributed by atoms with E-state index in [1.54, 1.807) is 6.20 Å². The fourth-order valence-electron chi connectivity index (χ4n) is 2.55.